The summed E-state index contributed by atoms with van der Waals surface area (Å²) in [6, 6.07) is 49.4. The van der Waals surface area contributed by atoms with Gasteiger partial charge in [-0.15, -0.1) is 11.3 Å². The molecule has 1 radical (unpaired) electrons. The fourth-order valence-corrected chi connectivity index (χ4v) is 13.0. The predicted molar refractivity (Wildman–Crippen MR) is 282 cm³/mol. The van der Waals surface area contributed by atoms with E-state index in [2.05, 4.69) is 199 Å². The topological polar surface area (TPSA) is 43.2 Å². The highest BCUT2D eigenvalue weighted by atomic mass is 32.1. The lowest BCUT2D eigenvalue weighted by Crippen LogP contribution is -2.37. The van der Waals surface area contributed by atoms with E-state index in [-0.39, 0.29) is 16.2 Å². The number of hydrogen-bond acceptors (Lipinski definition) is 4. The van der Waals surface area contributed by atoms with Gasteiger partial charge < -0.3 is 18.7 Å². The van der Waals surface area contributed by atoms with Gasteiger partial charge in [0.1, 0.15) is 22.3 Å². The van der Waals surface area contributed by atoms with Crippen molar-refractivity contribution in [3.8, 4) is 16.8 Å². The van der Waals surface area contributed by atoms with Crippen LogP contribution in [-0.2, 0) is 16.2 Å². The van der Waals surface area contributed by atoms with Gasteiger partial charge in [-0.25, -0.2) is 0 Å². The first-order chi connectivity index (χ1) is 31.8. The summed E-state index contributed by atoms with van der Waals surface area (Å²) in [5.74, 6) is 0. The maximum atomic E-state index is 6.77. The third kappa shape index (κ3) is 5.28. The number of thiophene rings is 1. The van der Waals surface area contributed by atoms with Crippen LogP contribution in [0.1, 0.15) is 78.0 Å². The minimum absolute atomic E-state index is 0.0378. The molecule has 0 bridgehead atoms. The summed E-state index contributed by atoms with van der Waals surface area (Å²) in [5, 5.41) is 13.7. The minimum Gasteiger partial charge on any atom is -0.456 e. The second-order valence-electron chi connectivity index (χ2n) is 21.4. The third-order valence-electron chi connectivity index (χ3n) is 15.4. The van der Waals surface area contributed by atoms with Crippen molar-refractivity contribution >= 4 is 127 Å². The number of nitrogens with one attached hydrogen (secondary N) is 1. The van der Waals surface area contributed by atoms with Gasteiger partial charge in [0.25, 0.3) is 0 Å². The van der Waals surface area contributed by atoms with Crippen LogP contribution in [0.2, 0.25) is 0 Å². The molecule has 8 aromatic carbocycles. The van der Waals surface area contributed by atoms with Gasteiger partial charge in [0.2, 0.25) is 0 Å². The Balaban J connectivity index is 1.17. The van der Waals surface area contributed by atoms with Crippen molar-refractivity contribution in [1.82, 2.24) is 4.57 Å². The molecule has 66 heavy (non-hydrogen) atoms. The van der Waals surface area contributed by atoms with Gasteiger partial charge in [-0.05, 0) is 124 Å². The van der Waals surface area contributed by atoms with Crippen molar-refractivity contribution in [1.29, 1.82) is 0 Å². The van der Waals surface area contributed by atoms with E-state index in [1.165, 1.54) is 75.4 Å². The van der Waals surface area contributed by atoms with E-state index < -0.39 is 0 Å². The molecule has 4 aromatic heterocycles. The highest BCUT2D eigenvalue weighted by molar-refractivity contribution is 7.26. The predicted octanol–water partition coefficient (Wildman–Crippen LogP) is 16.0. The van der Waals surface area contributed by atoms with Crippen molar-refractivity contribution in [2.24, 2.45) is 0 Å². The largest absolute Gasteiger partial charge is 0.456 e. The van der Waals surface area contributed by atoms with Crippen molar-refractivity contribution < 1.29 is 8.83 Å². The van der Waals surface area contributed by atoms with Gasteiger partial charge in [0.05, 0.1) is 5.52 Å². The van der Waals surface area contributed by atoms with Crippen LogP contribution in [0.3, 0.4) is 0 Å². The van der Waals surface area contributed by atoms with E-state index in [4.69, 9.17) is 8.83 Å². The second kappa shape index (κ2) is 13.0. The van der Waals surface area contributed by atoms with E-state index in [1.54, 1.807) is 0 Å². The Bertz CT molecular complexity index is 4090. The Labute approximate surface area is 388 Å². The molecule has 0 saturated heterocycles. The number of benzene rings is 8. The zero-order chi connectivity index (χ0) is 44.6. The number of aromatic nitrogens is 1. The molecule has 5 heterocycles. The third-order valence-corrected chi connectivity index (χ3v) is 16.6. The molecule has 0 unspecified atom stereocenters. The molecule has 2 aliphatic rings. The standard InChI is InChI=1S/C60H48BN2O2S/c1-58(2,3)32-20-22-33(23-21-32)62-44-27-37-34-14-8-11-17-47(34)64-49(37)29-39(44)54-55-56-52(53-36-16-10-13-19-51(36)66-57(53)54)40-26-41-42(60(6,7)25-24-59(41,4)5)30-45(40)63(56)46-28-38-35-15-9-12-18-48(35)65-50(38)31-43(46)61-55/h8-23,26-31,62H,24-25H2,1-7H3. The molecule has 0 saturated carbocycles. The number of anilines is 2. The van der Waals surface area contributed by atoms with Crippen LogP contribution in [0.15, 0.2) is 142 Å². The Morgan fingerprint density at radius 1 is 0.606 bits per heavy atom. The van der Waals surface area contributed by atoms with E-state index in [0.717, 1.165) is 79.1 Å². The average Bonchev–Trinajstić information content (AvgIpc) is 4.06. The maximum Gasteiger partial charge on any atom is 0.198 e. The lowest BCUT2D eigenvalue weighted by Gasteiger charge is -2.42. The smallest absolute Gasteiger partial charge is 0.198 e. The normalized spacial score (nSPS) is 15.4. The van der Waals surface area contributed by atoms with Gasteiger partial charge in [0, 0.05) is 80.6 Å². The van der Waals surface area contributed by atoms with Crippen molar-refractivity contribution in [2.75, 3.05) is 5.32 Å². The van der Waals surface area contributed by atoms with Gasteiger partial charge in [0.15, 0.2) is 7.28 Å². The quantitative estimate of drug-likeness (QED) is 0.180. The summed E-state index contributed by atoms with van der Waals surface area (Å²) in [7, 11) is 2.46. The molecule has 319 valence electrons. The Morgan fingerprint density at radius 2 is 1.23 bits per heavy atom. The monoisotopic (exact) mass is 871 g/mol. The van der Waals surface area contributed by atoms with Crippen molar-refractivity contribution in [3.05, 3.63) is 150 Å². The summed E-state index contributed by atoms with van der Waals surface area (Å²) >= 11 is 1.91. The number of fused-ring (bicyclic) bond motifs is 16. The summed E-state index contributed by atoms with van der Waals surface area (Å²) in [6.45, 7) is 16.6. The zero-order valence-corrected chi connectivity index (χ0v) is 39.2. The molecule has 1 N–H and O–H groups in total. The molecular formula is C60H48BN2O2S. The van der Waals surface area contributed by atoms with E-state index in [0.29, 0.717) is 0 Å². The number of para-hydroxylation sites is 2. The second-order valence-corrected chi connectivity index (χ2v) is 22.5. The summed E-state index contributed by atoms with van der Waals surface area (Å²) in [6.07, 6.45) is 2.31. The zero-order valence-electron chi connectivity index (χ0n) is 38.4. The molecule has 14 rings (SSSR count). The SMILES string of the molecule is CC(C)(C)c1ccc(Nc2cc3c(cc2-c2c4c5c(c6cc7c(cc6n5-c5cc6c(cc5[B]4)oc4ccccc46)C(C)(C)CCC7(C)C)c4c2sc2ccccc24)oc2ccccc23)cc1. The molecule has 6 heteroatoms. The first-order valence-electron chi connectivity index (χ1n) is 23.4. The van der Waals surface area contributed by atoms with Crippen molar-refractivity contribution in [3.63, 3.8) is 0 Å². The van der Waals surface area contributed by atoms with Crippen molar-refractivity contribution in [2.45, 2.75) is 77.6 Å². The molecule has 1 aliphatic heterocycles. The van der Waals surface area contributed by atoms with Crippen LogP contribution in [0, 0.1) is 0 Å². The lowest BCUT2D eigenvalue weighted by molar-refractivity contribution is 0.332. The minimum atomic E-state index is 0.0378. The first-order valence-corrected chi connectivity index (χ1v) is 24.3. The molecule has 12 aromatic rings. The van der Waals surface area contributed by atoms with Crippen LogP contribution >= 0.6 is 11.3 Å². The summed E-state index contributed by atoms with van der Waals surface area (Å²) in [5.41, 5.74) is 18.4. The van der Waals surface area contributed by atoms with E-state index in [1.807, 2.05) is 11.3 Å². The highest BCUT2D eigenvalue weighted by Gasteiger charge is 2.39. The molecule has 0 fully saturated rings. The number of furan rings is 2. The van der Waals surface area contributed by atoms with E-state index >= 15 is 0 Å². The Morgan fingerprint density at radius 3 is 1.92 bits per heavy atom. The van der Waals surface area contributed by atoms with Crippen LogP contribution in [0.4, 0.5) is 11.4 Å². The maximum absolute atomic E-state index is 6.77. The number of nitrogens with zero attached hydrogens (tertiary/aromatic N) is 1. The summed E-state index contributed by atoms with van der Waals surface area (Å²) < 4.78 is 18.6. The fourth-order valence-electron chi connectivity index (χ4n) is 11.8. The molecular weight excluding hydrogens is 824 g/mol. The fraction of sp³-hybridized carbons (Fsp3) is 0.200. The van der Waals surface area contributed by atoms with E-state index in [9.17, 15) is 0 Å². The highest BCUT2D eigenvalue weighted by Crippen LogP contribution is 2.53. The first kappa shape index (κ1) is 38.5. The van der Waals surface area contributed by atoms with Crippen LogP contribution in [-0.4, -0.2) is 11.8 Å². The summed E-state index contributed by atoms with van der Waals surface area (Å²) in [4.78, 5) is 0. The molecule has 0 atom stereocenters. The molecule has 0 spiro atoms. The average molecular weight is 872 g/mol. The van der Waals surface area contributed by atoms with Gasteiger partial charge in [-0.1, -0.05) is 121 Å². The molecule has 0 amide bonds. The Kier molecular flexibility index (Phi) is 7.58. The van der Waals surface area contributed by atoms with Gasteiger partial charge in [-0.3, -0.25) is 0 Å². The Hall–Kier alpha value is -6.76. The van der Waals surface area contributed by atoms with Gasteiger partial charge >= 0.3 is 0 Å². The van der Waals surface area contributed by atoms with Gasteiger partial charge in [-0.2, -0.15) is 0 Å². The molecule has 4 nitrogen and oxygen atoms in total. The van der Waals surface area contributed by atoms with Crippen LogP contribution in [0.25, 0.3) is 103 Å². The number of hydrogen-bond donors (Lipinski definition) is 1. The lowest BCUT2D eigenvalue weighted by atomic mass is 9.58. The van der Waals surface area contributed by atoms with Crippen LogP contribution in [0.5, 0.6) is 0 Å². The van der Waals surface area contributed by atoms with Crippen LogP contribution < -0.4 is 16.2 Å². The number of rotatable bonds is 3. The molecule has 1 aliphatic carbocycles.